The largest absolute Gasteiger partial charge is 0.497 e. The predicted octanol–water partition coefficient (Wildman–Crippen LogP) is 3.69. The average Bonchev–Trinajstić information content (AvgIpc) is 3.19. The Morgan fingerprint density at radius 2 is 2.07 bits per heavy atom. The van der Waals surface area contributed by atoms with Gasteiger partial charge in [-0.1, -0.05) is 12.1 Å². The van der Waals surface area contributed by atoms with E-state index in [-0.39, 0.29) is 11.4 Å². The van der Waals surface area contributed by atoms with Crippen LogP contribution in [0, 0.1) is 6.92 Å². The highest BCUT2D eigenvalue weighted by Crippen LogP contribution is 2.46. The van der Waals surface area contributed by atoms with Gasteiger partial charge in [0, 0.05) is 11.1 Å². The smallest absolute Gasteiger partial charge is 0.268 e. The summed E-state index contributed by atoms with van der Waals surface area (Å²) in [6, 6.07) is 13.6. The van der Waals surface area contributed by atoms with Crippen LogP contribution >= 0.6 is 0 Å². The molecule has 0 unspecified atom stereocenters. The SMILES string of the molecule is COc1cccc(C2(NC(=O)c3cc4ccc(-c5nc[nH]c5C)nc4[nH]3)CC2)c1. The van der Waals surface area contributed by atoms with Crippen LogP contribution in [0.4, 0.5) is 0 Å². The maximum atomic E-state index is 12.9. The first-order valence-corrected chi connectivity index (χ1v) is 9.55. The molecule has 0 bridgehead atoms. The standard InChI is InChI=1S/C22H21N5O2/c1-13-19(24-12-23-13)17-7-6-14-10-18(26-20(14)25-17)21(28)27-22(8-9-22)15-4-3-5-16(11-15)29-2/h3-7,10-12H,8-9H2,1-2H3,(H,23,24)(H,25,26)(H,27,28). The summed E-state index contributed by atoms with van der Waals surface area (Å²) in [7, 11) is 1.65. The van der Waals surface area contributed by atoms with Crippen molar-refractivity contribution in [3.63, 3.8) is 0 Å². The number of carbonyl (C=O) groups is 1. The summed E-state index contributed by atoms with van der Waals surface area (Å²) in [4.78, 5) is 28.1. The van der Waals surface area contributed by atoms with E-state index in [0.29, 0.717) is 11.3 Å². The molecular weight excluding hydrogens is 366 g/mol. The van der Waals surface area contributed by atoms with Crippen LogP contribution in [0.5, 0.6) is 5.75 Å². The molecule has 3 aromatic heterocycles. The molecule has 3 N–H and O–H groups in total. The monoisotopic (exact) mass is 387 g/mol. The van der Waals surface area contributed by atoms with E-state index in [1.165, 1.54) is 0 Å². The number of aromatic nitrogens is 4. The van der Waals surface area contributed by atoms with Gasteiger partial charge in [-0.05, 0) is 55.7 Å². The first kappa shape index (κ1) is 17.5. The molecule has 0 radical (unpaired) electrons. The highest BCUT2D eigenvalue weighted by Gasteiger charge is 2.46. The minimum Gasteiger partial charge on any atom is -0.497 e. The normalized spacial score (nSPS) is 14.7. The van der Waals surface area contributed by atoms with Crippen LogP contribution in [0.25, 0.3) is 22.4 Å². The Hall–Kier alpha value is -3.61. The number of methoxy groups -OCH3 is 1. The van der Waals surface area contributed by atoms with Crippen molar-refractivity contribution >= 4 is 16.9 Å². The number of pyridine rings is 1. The number of nitrogens with zero attached hydrogens (tertiary/aromatic N) is 2. The van der Waals surface area contributed by atoms with Gasteiger partial charge < -0.3 is 20.0 Å². The molecule has 1 fully saturated rings. The fourth-order valence-corrected chi connectivity index (χ4v) is 3.69. The molecule has 0 saturated heterocycles. The summed E-state index contributed by atoms with van der Waals surface area (Å²) in [6.45, 7) is 1.95. The fraction of sp³-hybridized carbons (Fsp3) is 0.227. The fourth-order valence-electron chi connectivity index (χ4n) is 3.69. The molecule has 4 aromatic rings. The number of aromatic amines is 2. The van der Waals surface area contributed by atoms with Gasteiger partial charge in [-0.25, -0.2) is 9.97 Å². The van der Waals surface area contributed by atoms with E-state index in [0.717, 1.165) is 46.6 Å². The number of nitrogens with one attached hydrogen (secondary N) is 3. The maximum Gasteiger partial charge on any atom is 0.268 e. The second-order valence-corrected chi connectivity index (χ2v) is 7.46. The van der Waals surface area contributed by atoms with Gasteiger partial charge in [0.15, 0.2) is 0 Å². The molecule has 1 saturated carbocycles. The molecule has 0 aliphatic heterocycles. The van der Waals surface area contributed by atoms with Gasteiger partial charge in [0.05, 0.1) is 24.7 Å². The van der Waals surface area contributed by atoms with Crippen molar-refractivity contribution in [3.8, 4) is 17.1 Å². The van der Waals surface area contributed by atoms with Crippen molar-refractivity contribution in [1.29, 1.82) is 0 Å². The van der Waals surface area contributed by atoms with Crippen molar-refractivity contribution in [3.05, 3.63) is 65.7 Å². The highest BCUT2D eigenvalue weighted by atomic mass is 16.5. The number of hydrogen-bond acceptors (Lipinski definition) is 4. The van der Waals surface area contributed by atoms with Crippen LogP contribution in [0.2, 0.25) is 0 Å². The number of imidazole rings is 1. The van der Waals surface area contributed by atoms with E-state index >= 15 is 0 Å². The molecule has 1 aromatic carbocycles. The van der Waals surface area contributed by atoms with Crippen LogP contribution in [0.15, 0.2) is 48.8 Å². The molecule has 5 rings (SSSR count). The van der Waals surface area contributed by atoms with Gasteiger partial charge in [-0.2, -0.15) is 0 Å². The summed E-state index contributed by atoms with van der Waals surface area (Å²) in [5, 5.41) is 4.08. The number of benzene rings is 1. The molecule has 0 atom stereocenters. The van der Waals surface area contributed by atoms with Crippen LogP contribution in [-0.2, 0) is 5.54 Å². The lowest BCUT2D eigenvalue weighted by Gasteiger charge is -2.18. The van der Waals surface area contributed by atoms with Gasteiger partial charge in [-0.3, -0.25) is 4.79 Å². The number of fused-ring (bicyclic) bond motifs is 1. The van der Waals surface area contributed by atoms with Crippen molar-refractivity contribution in [2.75, 3.05) is 7.11 Å². The van der Waals surface area contributed by atoms with Crippen LogP contribution in [0.3, 0.4) is 0 Å². The van der Waals surface area contributed by atoms with Crippen LogP contribution in [0.1, 0.15) is 34.6 Å². The molecule has 1 aliphatic carbocycles. The van der Waals surface area contributed by atoms with Gasteiger partial charge in [0.2, 0.25) is 0 Å². The summed E-state index contributed by atoms with van der Waals surface area (Å²) in [6.07, 6.45) is 3.47. The number of hydrogen-bond donors (Lipinski definition) is 3. The second-order valence-electron chi connectivity index (χ2n) is 7.46. The second kappa shape index (κ2) is 6.48. The Morgan fingerprint density at radius 1 is 1.21 bits per heavy atom. The number of rotatable bonds is 5. The number of ether oxygens (including phenoxy) is 1. The van der Waals surface area contributed by atoms with Crippen molar-refractivity contribution in [2.24, 2.45) is 0 Å². The first-order valence-electron chi connectivity index (χ1n) is 9.55. The van der Waals surface area contributed by atoms with E-state index in [2.05, 4.69) is 25.3 Å². The molecule has 7 nitrogen and oxygen atoms in total. The van der Waals surface area contributed by atoms with Crippen molar-refractivity contribution < 1.29 is 9.53 Å². The van der Waals surface area contributed by atoms with E-state index in [1.54, 1.807) is 13.4 Å². The minimum atomic E-state index is -0.326. The molecule has 29 heavy (non-hydrogen) atoms. The van der Waals surface area contributed by atoms with Gasteiger partial charge >= 0.3 is 0 Å². The Bertz CT molecular complexity index is 1220. The third-order valence-electron chi connectivity index (χ3n) is 5.52. The predicted molar refractivity (Wildman–Crippen MR) is 110 cm³/mol. The third kappa shape index (κ3) is 3.04. The third-order valence-corrected chi connectivity index (χ3v) is 5.52. The first-order chi connectivity index (χ1) is 14.1. The summed E-state index contributed by atoms with van der Waals surface area (Å²) >= 11 is 0. The molecular formula is C22H21N5O2. The molecule has 0 spiro atoms. The number of amides is 1. The zero-order valence-corrected chi connectivity index (χ0v) is 16.2. The van der Waals surface area contributed by atoms with Gasteiger partial charge in [-0.15, -0.1) is 0 Å². The minimum absolute atomic E-state index is 0.138. The topological polar surface area (TPSA) is 95.7 Å². The average molecular weight is 387 g/mol. The van der Waals surface area contributed by atoms with Crippen LogP contribution in [-0.4, -0.2) is 33.0 Å². The lowest BCUT2D eigenvalue weighted by molar-refractivity contribution is 0.0926. The summed E-state index contributed by atoms with van der Waals surface area (Å²) in [5.41, 5.74) is 4.43. The van der Waals surface area contributed by atoms with Crippen molar-refractivity contribution in [1.82, 2.24) is 25.3 Å². The van der Waals surface area contributed by atoms with E-state index in [1.807, 2.05) is 49.4 Å². The molecule has 7 heteroatoms. The van der Waals surface area contributed by atoms with Gasteiger partial charge in [0.1, 0.15) is 22.8 Å². The number of aryl methyl sites for hydroxylation is 1. The van der Waals surface area contributed by atoms with E-state index in [4.69, 9.17) is 4.74 Å². The lowest BCUT2D eigenvalue weighted by Crippen LogP contribution is -2.35. The Balaban J connectivity index is 1.42. The molecule has 146 valence electrons. The van der Waals surface area contributed by atoms with Crippen molar-refractivity contribution in [2.45, 2.75) is 25.3 Å². The Kier molecular flexibility index (Phi) is 3.91. The van der Waals surface area contributed by atoms with E-state index in [9.17, 15) is 4.79 Å². The molecule has 1 aliphatic rings. The quantitative estimate of drug-likeness (QED) is 0.487. The summed E-state index contributed by atoms with van der Waals surface area (Å²) in [5.74, 6) is 0.653. The van der Waals surface area contributed by atoms with Crippen LogP contribution < -0.4 is 10.1 Å². The Morgan fingerprint density at radius 3 is 2.79 bits per heavy atom. The Labute approximate surface area is 167 Å². The summed E-state index contributed by atoms with van der Waals surface area (Å²) < 4.78 is 5.32. The van der Waals surface area contributed by atoms with Gasteiger partial charge in [0.25, 0.3) is 5.91 Å². The lowest BCUT2D eigenvalue weighted by atomic mass is 10.0. The zero-order valence-electron chi connectivity index (χ0n) is 16.2. The zero-order chi connectivity index (χ0) is 20.0. The number of carbonyl (C=O) groups excluding carboxylic acids is 1. The van der Waals surface area contributed by atoms with E-state index < -0.39 is 0 Å². The highest BCUT2D eigenvalue weighted by molar-refractivity contribution is 5.98. The number of H-pyrrole nitrogens is 2. The molecule has 1 amide bonds. The maximum absolute atomic E-state index is 12.9. The molecule has 3 heterocycles.